The van der Waals surface area contributed by atoms with Crippen molar-refractivity contribution in [2.45, 2.75) is 26.6 Å². The van der Waals surface area contributed by atoms with Gasteiger partial charge in [0.15, 0.2) is 0 Å². The molecular formula is C19H20F3N4OP. The molecule has 0 aliphatic rings. The number of alkyl halides is 3. The van der Waals surface area contributed by atoms with Crippen molar-refractivity contribution in [2.75, 3.05) is 18.6 Å². The van der Waals surface area contributed by atoms with Crippen molar-refractivity contribution >= 4 is 29.3 Å². The number of aromatic nitrogens is 3. The van der Waals surface area contributed by atoms with Crippen molar-refractivity contribution in [2.24, 2.45) is 0 Å². The fraction of sp³-hybridized carbons (Fsp3) is 0.316. The van der Waals surface area contributed by atoms with Gasteiger partial charge in [-0.15, -0.1) is 0 Å². The van der Waals surface area contributed by atoms with Gasteiger partial charge in [0.1, 0.15) is 24.2 Å². The first-order chi connectivity index (χ1) is 13.0. The Labute approximate surface area is 160 Å². The molecule has 0 bridgehead atoms. The molecule has 2 aromatic heterocycles. The number of benzene rings is 1. The van der Waals surface area contributed by atoms with Gasteiger partial charge in [0.05, 0.1) is 17.3 Å². The molecule has 1 aromatic carbocycles. The lowest BCUT2D eigenvalue weighted by Crippen LogP contribution is -2.12. The summed E-state index contributed by atoms with van der Waals surface area (Å²) >= 11 is 0. The van der Waals surface area contributed by atoms with Crippen LogP contribution < -0.4 is 10.8 Å². The zero-order valence-corrected chi connectivity index (χ0v) is 16.8. The monoisotopic (exact) mass is 408 g/mol. The van der Waals surface area contributed by atoms with Crippen LogP contribution >= 0.6 is 7.14 Å². The number of halogens is 3. The van der Waals surface area contributed by atoms with Crippen LogP contribution in [0.3, 0.4) is 0 Å². The highest BCUT2D eigenvalue weighted by atomic mass is 31.2. The normalized spacial score (nSPS) is 12.4. The molecule has 0 spiro atoms. The lowest BCUT2D eigenvalue weighted by molar-refractivity contribution is -0.138. The van der Waals surface area contributed by atoms with Crippen molar-refractivity contribution in [3.8, 4) is 0 Å². The minimum atomic E-state index is -4.40. The molecule has 0 aliphatic heterocycles. The van der Waals surface area contributed by atoms with E-state index in [0.717, 1.165) is 6.07 Å². The molecule has 3 rings (SSSR count). The minimum absolute atomic E-state index is 0.162. The van der Waals surface area contributed by atoms with Crippen LogP contribution in [0.4, 0.5) is 19.0 Å². The third-order valence-corrected chi connectivity index (χ3v) is 5.78. The number of pyridine rings is 1. The first-order valence-corrected chi connectivity index (χ1v) is 11.2. The van der Waals surface area contributed by atoms with Crippen molar-refractivity contribution in [1.82, 2.24) is 15.0 Å². The summed E-state index contributed by atoms with van der Waals surface area (Å²) in [5.74, 6) is 0.970. The van der Waals surface area contributed by atoms with E-state index in [1.165, 1.54) is 13.0 Å². The summed E-state index contributed by atoms with van der Waals surface area (Å²) < 4.78 is 51.8. The molecule has 0 amide bonds. The number of anilines is 1. The molecule has 2 heterocycles. The second-order valence-electron chi connectivity index (χ2n) is 6.97. The molecule has 0 saturated heterocycles. The van der Waals surface area contributed by atoms with Gasteiger partial charge in [0, 0.05) is 11.9 Å². The van der Waals surface area contributed by atoms with Gasteiger partial charge >= 0.3 is 6.18 Å². The van der Waals surface area contributed by atoms with E-state index in [2.05, 4.69) is 20.3 Å². The van der Waals surface area contributed by atoms with E-state index in [9.17, 15) is 17.7 Å². The number of aryl methyl sites for hydroxylation is 1. The average Bonchev–Trinajstić information content (AvgIpc) is 2.58. The van der Waals surface area contributed by atoms with Crippen molar-refractivity contribution in [3.63, 3.8) is 0 Å². The quantitative estimate of drug-likeness (QED) is 0.643. The number of fused-ring (bicyclic) bond motifs is 1. The molecule has 1 N–H and O–H groups in total. The predicted octanol–water partition coefficient (Wildman–Crippen LogP) is 4.52. The Morgan fingerprint density at radius 3 is 2.50 bits per heavy atom. The Balaban J connectivity index is 2.00. The summed E-state index contributed by atoms with van der Waals surface area (Å²) in [6.07, 6.45) is -2.86. The average molecular weight is 408 g/mol. The van der Waals surface area contributed by atoms with Crippen LogP contribution in [-0.4, -0.2) is 28.3 Å². The first kappa shape index (κ1) is 20.3. The lowest BCUT2D eigenvalue weighted by Gasteiger charge is -2.16. The highest BCUT2D eigenvalue weighted by Crippen LogP contribution is 2.35. The Morgan fingerprint density at radius 2 is 1.86 bits per heavy atom. The summed E-state index contributed by atoms with van der Waals surface area (Å²) in [5.41, 5.74) is 1.07. The number of hydrogen-bond donors (Lipinski definition) is 1. The molecule has 0 aliphatic carbocycles. The molecule has 0 atom stereocenters. The summed E-state index contributed by atoms with van der Waals surface area (Å²) in [6.45, 7) is 6.58. The van der Waals surface area contributed by atoms with Gasteiger partial charge in [-0.2, -0.15) is 13.2 Å². The fourth-order valence-corrected chi connectivity index (χ4v) is 3.70. The van der Waals surface area contributed by atoms with E-state index in [1.807, 2.05) is 0 Å². The van der Waals surface area contributed by atoms with E-state index in [1.54, 1.807) is 38.6 Å². The van der Waals surface area contributed by atoms with Crippen molar-refractivity contribution < 1.29 is 17.7 Å². The Kier molecular flexibility index (Phi) is 5.19. The van der Waals surface area contributed by atoms with Crippen molar-refractivity contribution in [3.05, 3.63) is 53.0 Å². The van der Waals surface area contributed by atoms with Crippen LogP contribution in [0.2, 0.25) is 0 Å². The first-order valence-electron chi connectivity index (χ1n) is 8.56. The molecule has 0 fully saturated rings. The maximum atomic E-state index is 13.1. The zero-order chi connectivity index (χ0) is 20.7. The van der Waals surface area contributed by atoms with Crippen LogP contribution in [0, 0.1) is 13.8 Å². The highest BCUT2D eigenvalue weighted by molar-refractivity contribution is 7.69. The second-order valence-corrected chi connectivity index (χ2v) is 10.1. The van der Waals surface area contributed by atoms with Crippen LogP contribution in [0.5, 0.6) is 0 Å². The summed E-state index contributed by atoms with van der Waals surface area (Å²) in [5, 5.41) is 3.74. The SMILES string of the molecule is Cc1nc(NCc2cccc(C(F)(F)F)c2C)c2cc(P(C)(C)=O)ncc2n1. The third-order valence-electron chi connectivity index (χ3n) is 4.43. The summed E-state index contributed by atoms with van der Waals surface area (Å²) in [7, 11) is -2.58. The van der Waals surface area contributed by atoms with Crippen LogP contribution in [0.25, 0.3) is 10.9 Å². The Morgan fingerprint density at radius 1 is 1.14 bits per heavy atom. The van der Waals surface area contributed by atoms with Crippen LogP contribution in [0.1, 0.15) is 22.5 Å². The number of hydrogen-bond acceptors (Lipinski definition) is 5. The summed E-state index contributed by atoms with van der Waals surface area (Å²) in [6, 6.07) is 5.79. The molecule has 28 heavy (non-hydrogen) atoms. The Hall–Kier alpha value is -2.47. The van der Waals surface area contributed by atoms with Gasteiger partial charge in [0.25, 0.3) is 0 Å². The molecule has 5 nitrogen and oxygen atoms in total. The molecule has 148 valence electrons. The lowest BCUT2D eigenvalue weighted by atomic mass is 10.0. The number of rotatable bonds is 4. The standard InChI is InChI=1S/C19H20F3N4OP/c1-11-13(6-5-7-15(11)19(20,21)22)9-24-18-14-8-17(28(3,4)27)23-10-16(14)25-12(2)26-18/h5-8,10H,9H2,1-4H3,(H,24,25,26). The topological polar surface area (TPSA) is 67.8 Å². The van der Waals surface area contributed by atoms with Gasteiger partial charge in [-0.25, -0.2) is 9.97 Å². The molecular weight excluding hydrogens is 388 g/mol. The third kappa shape index (κ3) is 4.17. The number of nitrogens with one attached hydrogen (secondary N) is 1. The van der Waals surface area contributed by atoms with Gasteiger partial charge in [0.2, 0.25) is 0 Å². The van der Waals surface area contributed by atoms with E-state index < -0.39 is 18.9 Å². The molecule has 0 radical (unpaired) electrons. The molecule has 3 aromatic rings. The van der Waals surface area contributed by atoms with Crippen LogP contribution in [-0.2, 0) is 17.3 Å². The second kappa shape index (κ2) is 7.17. The highest BCUT2D eigenvalue weighted by Gasteiger charge is 2.32. The fourth-order valence-electron chi connectivity index (χ4n) is 2.93. The van der Waals surface area contributed by atoms with Crippen LogP contribution in [0.15, 0.2) is 30.5 Å². The van der Waals surface area contributed by atoms with Gasteiger partial charge in [-0.3, -0.25) is 4.98 Å². The van der Waals surface area contributed by atoms with Crippen molar-refractivity contribution in [1.29, 1.82) is 0 Å². The van der Waals surface area contributed by atoms with E-state index >= 15 is 0 Å². The van der Waals surface area contributed by atoms with Gasteiger partial charge in [-0.1, -0.05) is 12.1 Å². The van der Waals surface area contributed by atoms with E-state index in [0.29, 0.717) is 33.5 Å². The number of nitrogens with zero attached hydrogens (tertiary/aromatic N) is 3. The Bertz CT molecular complexity index is 1090. The molecule has 0 unspecified atom stereocenters. The van der Waals surface area contributed by atoms with Gasteiger partial charge < -0.3 is 9.88 Å². The minimum Gasteiger partial charge on any atom is -0.365 e. The molecule has 9 heteroatoms. The van der Waals surface area contributed by atoms with E-state index in [-0.39, 0.29) is 12.1 Å². The van der Waals surface area contributed by atoms with Gasteiger partial charge in [-0.05, 0) is 50.4 Å². The largest absolute Gasteiger partial charge is 0.416 e. The predicted molar refractivity (Wildman–Crippen MR) is 105 cm³/mol. The van der Waals surface area contributed by atoms with E-state index in [4.69, 9.17) is 0 Å². The smallest absolute Gasteiger partial charge is 0.365 e. The maximum Gasteiger partial charge on any atom is 0.416 e. The zero-order valence-electron chi connectivity index (χ0n) is 15.9. The molecule has 0 saturated carbocycles. The summed E-state index contributed by atoms with van der Waals surface area (Å²) in [4.78, 5) is 12.9. The maximum absolute atomic E-state index is 13.1.